The standard InChI is InChI=1S/C29H40O2/c1-18-13-15-29(5)22-14-16-28(4)20(19-9-7-6-8-10-19)11-12-21(28)24(22)26-25(23(29)17-18)30-27(2,3)31-26/h6-11,18,21-26H,12-17H2,1-5H3/t18-,21-,22?,23?,24?,25+,26+,28+,29+/m0/s1. The molecule has 1 aromatic carbocycles. The summed E-state index contributed by atoms with van der Waals surface area (Å²) in [5, 5.41) is 0. The zero-order valence-electron chi connectivity index (χ0n) is 20.1. The molecule has 4 aliphatic carbocycles. The maximum Gasteiger partial charge on any atom is 0.163 e. The van der Waals surface area contributed by atoms with E-state index in [2.05, 4.69) is 71.0 Å². The summed E-state index contributed by atoms with van der Waals surface area (Å²) in [6.45, 7) is 11.9. The van der Waals surface area contributed by atoms with E-state index in [4.69, 9.17) is 9.47 Å². The van der Waals surface area contributed by atoms with Crippen LogP contribution in [0.15, 0.2) is 36.4 Å². The topological polar surface area (TPSA) is 18.5 Å². The third kappa shape index (κ3) is 2.83. The summed E-state index contributed by atoms with van der Waals surface area (Å²) in [7, 11) is 0. The summed E-state index contributed by atoms with van der Waals surface area (Å²) >= 11 is 0. The fourth-order valence-corrected chi connectivity index (χ4v) is 9.02. The largest absolute Gasteiger partial charge is 0.344 e. The molecule has 4 fully saturated rings. The molecule has 0 N–H and O–H groups in total. The molecule has 2 heteroatoms. The summed E-state index contributed by atoms with van der Waals surface area (Å²) in [5.74, 6) is 3.06. The average molecular weight is 421 g/mol. The van der Waals surface area contributed by atoms with Gasteiger partial charge >= 0.3 is 0 Å². The maximum atomic E-state index is 6.80. The Labute approximate surface area is 188 Å². The van der Waals surface area contributed by atoms with E-state index in [-0.39, 0.29) is 17.6 Å². The van der Waals surface area contributed by atoms with Crippen molar-refractivity contribution in [1.29, 1.82) is 0 Å². The van der Waals surface area contributed by atoms with Gasteiger partial charge in [0.05, 0.1) is 12.2 Å². The van der Waals surface area contributed by atoms with Gasteiger partial charge in [-0.05, 0) is 97.5 Å². The van der Waals surface area contributed by atoms with Crippen LogP contribution in [0.4, 0.5) is 0 Å². The molecule has 6 rings (SSSR count). The first kappa shape index (κ1) is 20.5. The van der Waals surface area contributed by atoms with E-state index in [0.717, 1.165) is 11.8 Å². The van der Waals surface area contributed by atoms with Gasteiger partial charge in [-0.1, -0.05) is 63.6 Å². The molecule has 0 bridgehead atoms. The second-order valence-corrected chi connectivity index (χ2v) is 12.5. The lowest BCUT2D eigenvalue weighted by atomic mass is 9.43. The number of allylic oxidation sites excluding steroid dienone is 2. The van der Waals surface area contributed by atoms with Crippen LogP contribution in [0.1, 0.15) is 78.7 Å². The van der Waals surface area contributed by atoms with Crippen LogP contribution in [-0.4, -0.2) is 18.0 Å². The Hall–Kier alpha value is -1.12. The zero-order valence-corrected chi connectivity index (χ0v) is 20.1. The highest BCUT2D eigenvalue weighted by atomic mass is 16.8. The second-order valence-electron chi connectivity index (χ2n) is 12.5. The van der Waals surface area contributed by atoms with Gasteiger partial charge in [-0.2, -0.15) is 0 Å². The van der Waals surface area contributed by atoms with E-state index < -0.39 is 5.79 Å². The molecular formula is C29H40O2. The second kappa shape index (κ2) is 6.70. The Morgan fingerprint density at radius 1 is 0.839 bits per heavy atom. The van der Waals surface area contributed by atoms with Gasteiger partial charge in [0.1, 0.15) is 0 Å². The first-order valence-corrected chi connectivity index (χ1v) is 12.8. The molecule has 9 atom stereocenters. The lowest BCUT2D eigenvalue weighted by molar-refractivity contribution is -0.175. The number of rotatable bonds is 1. The molecule has 5 aliphatic rings. The van der Waals surface area contributed by atoms with Gasteiger partial charge in [-0.3, -0.25) is 0 Å². The first-order chi connectivity index (χ1) is 14.7. The minimum Gasteiger partial charge on any atom is -0.344 e. The number of hydrogen-bond donors (Lipinski definition) is 0. The smallest absolute Gasteiger partial charge is 0.163 e. The number of benzene rings is 1. The number of fused-ring (bicyclic) bond motifs is 8. The van der Waals surface area contributed by atoms with Crippen LogP contribution >= 0.6 is 0 Å². The minimum atomic E-state index is -0.450. The molecular weight excluding hydrogens is 380 g/mol. The van der Waals surface area contributed by atoms with E-state index in [9.17, 15) is 0 Å². The molecule has 0 aromatic heterocycles. The van der Waals surface area contributed by atoms with Crippen molar-refractivity contribution < 1.29 is 9.47 Å². The molecule has 2 nitrogen and oxygen atoms in total. The summed E-state index contributed by atoms with van der Waals surface area (Å²) in [5.41, 5.74) is 3.68. The molecule has 1 saturated heterocycles. The van der Waals surface area contributed by atoms with Crippen LogP contribution in [-0.2, 0) is 9.47 Å². The predicted molar refractivity (Wildman–Crippen MR) is 125 cm³/mol. The molecule has 31 heavy (non-hydrogen) atoms. The minimum absolute atomic E-state index is 0.258. The van der Waals surface area contributed by atoms with Crippen molar-refractivity contribution in [2.45, 2.75) is 91.1 Å². The van der Waals surface area contributed by atoms with Crippen LogP contribution in [0.25, 0.3) is 5.57 Å². The van der Waals surface area contributed by atoms with Crippen LogP contribution in [0.2, 0.25) is 0 Å². The first-order valence-electron chi connectivity index (χ1n) is 12.8. The summed E-state index contributed by atoms with van der Waals surface area (Å²) in [4.78, 5) is 0. The van der Waals surface area contributed by atoms with Gasteiger partial charge in [0.15, 0.2) is 5.79 Å². The summed E-state index contributed by atoms with van der Waals surface area (Å²) < 4.78 is 13.5. The fourth-order valence-electron chi connectivity index (χ4n) is 9.02. The average Bonchev–Trinajstić information content (AvgIpc) is 3.25. The van der Waals surface area contributed by atoms with Crippen LogP contribution < -0.4 is 0 Å². The Bertz CT molecular complexity index is 887. The number of ether oxygens (including phenoxy) is 2. The molecule has 1 aliphatic heterocycles. The van der Waals surface area contributed by atoms with Gasteiger partial charge in [0, 0.05) is 0 Å². The predicted octanol–water partition coefficient (Wildman–Crippen LogP) is 7.10. The van der Waals surface area contributed by atoms with E-state index in [0.29, 0.717) is 23.2 Å². The van der Waals surface area contributed by atoms with E-state index in [1.807, 2.05) is 0 Å². The van der Waals surface area contributed by atoms with Crippen molar-refractivity contribution in [2.24, 2.45) is 40.4 Å². The van der Waals surface area contributed by atoms with Crippen LogP contribution in [0, 0.1) is 40.4 Å². The highest BCUT2D eigenvalue weighted by molar-refractivity contribution is 5.73. The quantitative estimate of drug-likeness (QED) is 0.482. The van der Waals surface area contributed by atoms with Crippen molar-refractivity contribution in [3.8, 4) is 0 Å². The van der Waals surface area contributed by atoms with Gasteiger partial charge < -0.3 is 9.47 Å². The maximum absolute atomic E-state index is 6.80. The van der Waals surface area contributed by atoms with Crippen molar-refractivity contribution in [3.63, 3.8) is 0 Å². The Morgan fingerprint density at radius 2 is 1.58 bits per heavy atom. The molecule has 3 unspecified atom stereocenters. The Balaban J connectivity index is 1.41. The fraction of sp³-hybridized carbons (Fsp3) is 0.724. The van der Waals surface area contributed by atoms with Crippen molar-refractivity contribution in [2.75, 3.05) is 0 Å². The van der Waals surface area contributed by atoms with Crippen LogP contribution in [0.3, 0.4) is 0 Å². The summed E-state index contributed by atoms with van der Waals surface area (Å²) in [6, 6.07) is 11.2. The van der Waals surface area contributed by atoms with Gasteiger partial charge in [0.25, 0.3) is 0 Å². The van der Waals surface area contributed by atoms with E-state index in [1.54, 1.807) is 5.57 Å². The van der Waals surface area contributed by atoms with Gasteiger partial charge in [-0.15, -0.1) is 0 Å². The van der Waals surface area contributed by atoms with Gasteiger partial charge in [-0.25, -0.2) is 0 Å². The third-order valence-corrected chi connectivity index (χ3v) is 10.5. The molecule has 168 valence electrons. The molecule has 1 heterocycles. The van der Waals surface area contributed by atoms with E-state index >= 15 is 0 Å². The highest BCUT2D eigenvalue weighted by Gasteiger charge is 2.67. The lowest BCUT2D eigenvalue weighted by Crippen LogP contribution is -2.62. The zero-order chi connectivity index (χ0) is 21.6. The molecule has 0 spiro atoms. The third-order valence-electron chi connectivity index (χ3n) is 10.5. The molecule has 0 amide bonds. The van der Waals surface area contributed by atoms with Crippen LogP contribution in [0.5, 0.6) is 0 Å². The monoisotopic (exact) mass is 420 g/mol. The molecule has 0 radical (unpaired) electrons. The molecule has 1 aromatic rings. The lowest BCUT2D eigenvalue weighted by Gasteiger charge is -2.63. The van der Waals surface area contributed by atoms with Crippen molar-refractivity contribution in [1.82, 2.24) is 0 Å². The van der Waals surface area contributed by atoms with E-state index in [1.165, 1.54) is 44.1 Å². The SMILES string of the molecule is C[C@H]1CC[C@]2(C)C3CC[C@]4(C)C(c5ccccc5)=CC[C@H]4C3[C@H]3OC(C)(C)O[C@@H]3C2C1. The van der Waals surface area contributed by atoms with Crippen molar-refractivity contribution in [3.05, 3.63) is 42.0 Å². The molecule has 3 saturated carbocycles. The van der Waals surface area contributed by atoms with Gasteiger partial charge in [0.2, 0.25) is 0 Å². The normalized spacial score (nSPS) is 50.1. The highest BCUT2D eigenvalue weighted by Crippen LogP contribution is 2.69. The number of hydrogen-bond acceptors (Lipinski definition) is 2. The van der Waals surface area contributed by atoms with Crippen molar-refractivity contribution >= 4 is 5.57 Å². The summed E-state index contributed by atoms with van der Waals surface area (Å²) in [6.07, 6.45) is 11.0. The Morgan fingerprint density at radius 3 is 2.35 bits per heavy atom. The Kier molecular flexibility index (Phi) is 4.43.